The van der Waals surface area contributed by atoms with Crippen molar-refractivity contribution in [3.63, 3.8) is 0 Å². The molecule has 1 aromatic carbocycles. The summed E-state index contributed by atoms with van der Waals surface area (Å²) in [6.45, 7) is 0.965. The number of carbonyl (C=O) groups excluding carboxylic acids is 1. The van der Waals surface area contributed by atoms with E-state index in [0.29, 0.717) is 43.7 Å². The number of benzene rings is 1. The molecule has 1 unspecified atom stereocenters. The zero-order chi connectivity index (χ0) is 19.1. The highest BCUT2D eigenvalue weighted by Gasteiger charge is 2.35. The predicted molar refractivity (Wildman–Crippen MR) is 96.2 cm³/mol. The number of halogens is 2. The molecule has 7 nitrogen and oxygen atoms in total. The molecule has 1 N–H and O–H groups in total. The van der Waals surface area contributed by atoms with E-state index in [2.05, 4.69) is 5.10 Å². The molecule has 0 spiro atoms. The summed E-state index contributed by atoms with van der Waals surface area (Å²) in [6.07, 6.45) is 2.03. The monoisotopic (exact) mass is 394 g/mol. The third-order valence-electron chi connectivity index (χ3n) is 5.21. The van der Waals surface area contributed by atoms with Crippen LogP contribution in [0.4, 0.5) is 4.39 Å². The molecule has 1 aromatic heterocycles. The Bertz CT molecular complexity index is 941. The molecule has 1 saturated heterocycles. The van der Waals surface area contributed by atoms with Gasteiger partial charge in [-0.1, -0.05) is 17.7 Å². The zero-order valence-corrected chi connectivity index (χ0v) is 15.4. The van der Waals surface area contributed by atoms with Gasteiger partial charge in [-0.05, 0) is 37.0 Å². The number of nitrogens with zero attached hydrogens (tertiary/aromatic N) is 4. The standard InChI is InChI=1S/C18H20ClFN4O3/c19-13-8-11(4-5-14(13)20)9-23-18(27)24-15(2-1-3-16(24)21-23)17(26)22-7-6-12(25)10-22/h4-5,8,12,15,25H,1-3,6-7,9-10H2/t12-,15?/m0/s1. The number of rotatable bonds is 3. The second-order valence-corrected chi connectivity index (χ2v) is 7.52. The predicted octanol–water partition coefficient (Wildman–Crippen LogP) is 1.36. The first-order valence-corrected chi connectivity index (χ1v) is 9.41. The number of aromatic nitrogens is 3. The summed E-state index contributed by atoms with van der Waals surface area (Å²) >= 11 is 5.81. The first-order chi connectivity index (χ1) is 12.9. The van der Waals surface area contributed by atoms with Crippen molar-refractivity contribution < 1.29 is 14.3 Å². The highest BCUT2D eigenvalue weighted by atomic mass is 35.5. The molecule has 0 bridgehead atoms. The van der Waals surface area contributed by atoms with Crippen LogP contribution in [0.25, 0.3) is 0 Å². The Labute approximate surface area is 160 Å². The minimum atomic E-state index is -0.586. The lowest BCUT2D eigenvalue weighted by Crippen LogP contribution is -2.42. The van der Waals surface area contributed by atoms with Crippen LogP contribution in [0.1, 0.15) is 36.7 Å². The summed E-state index contributed by atoms with van der Waals surface area (Å²) in [7, 11) is 0. The van der Waals surface area contributed by atoms with E-state index in [1.165, 1.54) is 21.4 Å². The lowest BCUT2D eigenvalue weighted by Gasteiger charge is -2.27. The van der Waals surface area contributed by atoms with Crippen molar-refractivity contribution in [1.29, 1.82) is 0 Å². The van der Waals surface area contributed by atoms with Crippen LogP contribution < -0.4 is 5.69 Å². The van der Waals surface area contributed by atoms with E-state index >= 15 is 0 Å². The van der Waals surface area contributed by atoms with Crippen molar-refractivity contribution in [1.82, 2.24) is 19.2 Å². The summed E-state index contributed by atoms with van der Waals surface area (Å²) in [6, 6.07) is 3.69. The molecule has 1 amide bonds. The molecule has 0 saturated carbocycles. The lowest BCUT2D eigenvalue weighted by atomic mass is 10.0. The van der Waals surface area contributed by atoms with Crippen LogP contribution in [0.2, 0.25) is 5.02 Å². The van der Waals surface area contributed by atoms with Crippen LogP contribution in [0.5, 0.6) is 0 Å². The highest BCUT2D eigenvalue weighted by Crippen LogP contribution is 2.26. The molecule has 2 atom stereocenters. The van der Waals surface area contributed by atoms with E-state index in [-0.39, 0.29) is 23.2 Å². The number of aryl methyl sites for hydroxylation is 1. The molecule has 0 radical (unpaired) electrons. The number of aliphatic hydroxyl groups excluding tert-OH is 1. The molecule has 2 aromatic rings. The number of carbonyl (C=O) groups is 1. The number of fused-ring (bicyclic) bond motifs is 1. The Kier molecular flexibility index (Phi) is 4.77. The second-order valence-electron chi connectivity index (χ2n) is 7.11. The number of aliphatic hydroxyl groups is 1. The molecule has 0 aliphatic carbocycles. The van der Waals surface area contributed by atoms with Gasteiger partial charge in [0.05, 0.1) is 17.7 Å². The van der Waals surface area contributed by atoms with Crippen molar-refractivity contribution in [3.05, 3.63) is 50.9 Å². The van der Waals surface area contributed by atoms with Crippen molar-refractivity contribution in [2.75, 3.05) is 13.1 Å². The minimum Gasteiger partial charge on any atom is -0.391 e. The van der Waals surface area contributed by atoms with Gasteiger partial charge in [-0.15, -0.1) is 0 Å². The highest BCUT2D eigenvalue weighted by molar-refractivity contribution is 6.30. The van der Waals surface area contributed by atoms with Gasteiger partial charge >= 0.3 is 5.69 Å². The van der Waals surface area contributed by atoms with Gasteiger partial charge in [0, 0.05) is 19.5 Å². The first-order valence-electron chi connectivity index (χ1n) is 9.03. The molecule has 2 aliphatic rings. The summed E-state index contributed by atoms with van der Waals surface area (Å²) in [4.78, 5) is 27.4. The van der Waals surface area contributed by atoms with Crippen LogP contribution in [0.15, 0.2) is 23.0 Å². The molecule has 144 valence electrons. The summed E-state index contributed by atoms with van der Waals surface area (Å²) < 4.78 is 16.1. The van der Waals surface area contributed by atoms with Gasteiger partial charge < -0.3 is 10.0 Å². The van der Waals surface area contributed by atoms with Crippen molar-refractivity contribution >= 4 is 17.5 Å². The van der Waals surface area contributed by atoms with Crippen LogP contribution in [-0.2, 0) is 17.8 Å². The molecule has 2 aliphatic heterocycles. The van der Waals surface area contributed by atoms with Gasteiger partial charge in [0.2, 0.25) is 5.91 Å². The van der Waals surface area contributed by atoms with Crippen molar-refractivity contribution in [2.45, 2.75) is 44.4 Å². The third kappa shape index (κ3) is 3.39. The molecule has 4 rings (SSSR count). The Balaban J connectivity index is 1.62. The van der Waals surface area contributed by atoms with Crippen LogP contribution in [-0.4, -0.2) is 49.5 Å². The number of hydrogen-bond acceptors (Lipinski definition) is 4. The molecular formula is C18H20ClFN4O3. The molecule has 3 heterocycles. The smallest absolute Gasteiger partial charge is 0.346 e. The molecule has 9 heteroatoms. The van der Waals surface area contributed by atoms with Gasteiger partial charge in [-0.2, -0.15) is 5.10 Å². The van der Waals surface area contributed by atoms with Crippen molar-refractivity contribution in [2.24, 2.45) is 0 Å². The molecule has 27 heavy (non-hydrogen) atoms. The van der Waals surface area contributed by atoms with E-state index in [1.54, 1.807) is 11.0 Å². The normalized spacial score (nSPS) is 22.1. The van der Waals surface area contributed by atoms with Gasteiger partial charge in [-0.3, -0.25) is 9.36 Å². The fraction of sp³-hybridized carbons (Fsp3) is 0.500. The van der Waals surface area contributed by atoms with E-state index in [0.717, 1.165) is 6.42 Å². The Morgan fingerprint density at radius 3 is 2.89 bits per heavy atom. The Hall–Kier alpha value is -2.19. The maximum Gasteiger partial charge on any atom is 0.346 e. The fourth-order valence-corrected chi connectivity index (χ4v) is 4.04. The SMILES string of the molecule is O=C(C1CCCc2nn(Cc3ccc(F)c(Cl)c3)c(=O)n21)N1CC[C@H](O)C1. The van der Waals surface area contributed by atoms with Crippen LogP contribution in [0, 0.1) is 5.82 Å². The first kappa shape index (κ1) is 18.2. The topological polar surface area (TPSA) is 80.4 Å². The summed E-state index contributed by atoms with van der Waals surface area (Å²) in [5, 5.41) is 14.1. The van der Waals surface area contributed by atoms with Crippen LogP contribution >= 0.6 is 11.6 Å². The van der Waals surface area contributed by atoms with Gasteiger partial charge in [0.25, 0.3) is 0 Å². The maximum absolute atomic E-state index is 13.3. The van der Waals surface area contributed by atoms with E-state index in [1.807, 2.05) is 0 Å². The summed E-state index contributed by atoms with van der Waals surface area (Å²) in [5.74, 6) is -0.0770. The molecular weight excluding hydrogens is 375 g/mol. The largest absolute Gasteiger partial charge is 0.391 e. The number of β-amino-alcohol motifs (C(OH)–C–C–N with tert-alkyl or cyclic N) is 1. The van der Waals surface area contributed by atoms with E-state index in [4.69, 9.17) is 11.6 Å². The fourth-order valence-electron chi connectivity index (χ4n) is 3.83. The van der Waals surface area contributed by atoms with Crippen LogP contribution in [0.3, 0.4) is 0 Å². The quantitative estimate of drug-likeness (QED) is 0.852. The second kappa shape index (κ2) is 7.09. The van der Waals surface area contributed by atoms with Gasteiger partial charge in [-0.25, -0.2) is 13.9 Å². The average Bonchev–Trinajstić information content (AvgIpc) is 3.21. The third-order valence-corrected chi connectivity index (χ3v) is 5.50. The van der Waals surface area contributed by atoms with Gasteiger partial charge in [0.15, 0.2) is 0 Å². The van der Waals surface area contributed by atoms with E-state index < -0.39 is 18.0 Å². The number of hydrogen-bond donors (Lipinski definition) is 1. The average molecular weight is 395 g/mol. The summed E-state index contributed by atoms with van der Waals surface area (Å²) in [5.41, 5.74) is 0.299. The lowest BCUT2D eigenvalue weighted by molar-refractivity contribution is -0.134. The zero-order valence-electron chi connectivity index (χ0n) is 14.6. The maximum atomic E-state index is 13.3. The Morgan fingerprint density at radius 2 is 2.19 bits per heavy atom. The van der Waals surface area contributed by atoms with E-state index in [9.17, 15) is 19.1 Å². The number of likely N-dealkylation sites (tertiary alicyclic amines) is 1. The Morgan fingerprint density at radius 1 is 1.37 bits per heavy atom. The van der Waals surface area contributed by atoms with Crippen molar-refractivity contribution in [3.8, 4) is 0 Å². The molecule has 1 fully saturated rings. The number of amides is 1. The van der Waals surface area contributed by atoms with Gasteiger partial charge in [0.1, 0.15) is 17.7 Å². The minimum absolute atomic E-state index is 0.00910.